The molecule has 1 aliphatic heterocycles. The fraction of sp³-hybridized carbons (Fsp3) is 0.450. The molecule has 1 atom stereocenters. The van der Waals surface area contributed by atoms with Crippen molar-refractivity contribution < 1.29 is 0 Å². The van der Waals surface area contributed by atoms with Gasteiger partial charge in [-0.15, -0.1) is 0 Å². The van der Waals surface area contributed by atoms with Gasteiger partial charge in [-0.25, -0.2) is 9.97 Å². The van der Waals surface area contributed by atoms with E-state index >= 15 is 0 Å². The zero-order valence-electron chi connectivity index (χ0n) is 15.2. The second-order valence-corrected chi connectivity index (χ2v) is 8.29. The van der Waals surface area contributed by atoms with Crippen molar-refractivity contribution in [1.82, 2.24) is 20.2 Å². The number of aromatic nitrogens is 4. The van der Waals surface area contributed by atoms with Gasteiger partial charge >= 0.3 is 0 Å². The zero-order valence-corrected chi connectivity index (χ0v) is 15.9. The van der Waals surface area contributed by atoms with Gasteiger partial charge in [0.1, 0.15) is 17.0 Å². The Bertz CT molecular complexity index is 958. The van der Waals surface area contributed by atoms with Crippen LogP contribution in [0.15, 0.2) is 30.5 Å². The van der Waals surface area contributed by atoms with Crippen LogP contribution in [0, 0.1) is 5.41 Å². The lowest BCUT2D eigenvalue weighted by Gasteiger charge is -2.42. The molecule has 0 radical (unpaired) electrons. The van der Waals surface area contributed by atoms with Gasteiger partial charge < -0.3 is 10.6 Å². The average molecular weight is 383 g/mol. The summed E-state index contributed by atoms with van der Waals surface area (Å²) in [5, 5.41) is 8.16. The van der Waals surface area contributed by atoms with Crippen LogP contribution < -0.4 is 10.6 Å². The maximum Gasteiger partial charge on any atom is 0.177 e. The Morgan fingerprint density at radius 3 is 2.63 bits per heavy atom. The second-order valence-electron chi connectivity index (χ2n) is 7.85. The molecule has 3 N–H and O–H groups in total. The molecule has 5 rings (SSSR count). The summed E-state index contributed by atoms with van der Waals surface area (Å²) < 4.78 is 0. The summed E-state index contributed by atoms with van der Waals surface area (Å²) in [6, 6.07) is 7.97. The second kappa shape index (κ2) is 6.46. The molecule has 1 spiro atoms. The van der Waals surface area contributed by atoms with E-state index in [9.17, 15) is 0 Å². The van der Waals surface area contributed by atoms with E-state index < -0.39 is 0 Å². The fourth-order valence-corrected chi connectivity index (χ4v) is 4.85. The molecule has 0 amide bonds. The Morgan fingerprint density at radius 1 is 1.15 bits per heavy atom. The number of piperidine rings is 1. The first-order valence-corrected chi connectivity index (χ1v) is 10.0. The zero-order chi connectivity index (χ0) is 18.4. The van der Waals surface area contributed by atoms with Crippen molar-refractivity contribution in [2.75, 3.05) is 18.0 Å². The van der Waals surface area contributed by atoms with E-state index in [0.29, 0.717) is 16.5 Å². The number of hydrogen-bond donors (Lipinski definition) is 2. The van der Waals surface area contributed by atoms with E-state index in [1.54, 1.807) is 0 Å². The number of halogens is 1. The molecule has 1 aliphatic carbocycles. The van der Waals surface area contributed by atoms with Crippen molar-refractivity contribution in [3.05, 3.63) is 35.5 Å². The average Bonchev–Trinajstić information content (AvgIpc) is 3.27. The number of fused-ring (bicyclic) bond motifs is 1. The van der Waals surface area contributed by atoms with Gasteiger partial charge in [-0.2, -0.15) is 5.10 Å². The molecule has 7 heteroatoms. The van der Waals surface area contributed by atoms with Gasteiger partial charge in [-0.1, -0.05) is 30.2 Å². The van der Waals surface area contributed by atoms with E-state index in [2.05, 4.69) is 20.1 Å². The number of rotatable bonds is 2. The van der Waals surface area contributed by atoms with Gasteiger partial charge in [0.05, 0.1) is 6.20 Å². The van der Waals surface area contributed by atoms with E-state index in [1.807, 2.05) is 30.5 Å². The van der Waals surface area contributed by atoms with Gasteiger partial charge in [0.15, 0.2) is 5.65 Å². The Labute approximate surface area is 163 Å². The highest BCUT2D eigenvalue weighted by molar-refractivity contribution is 6.30. The first-order chi connectivity index (χ1) is 13.1. The first-order valence-electron chi connectivity index (χ1n) is 9.62. The van der Waals surface area contributed by atoms with Gasteiger partial charge in [0, 0.05) is 29.7 Å². The van der Waals surface area contributed by atoms with Gasteiger partial charge in [-0.3, -0.25) is 5.10 Å². The number of nitrogens with zero attached hydrogens (tertiary/aromatic N) is 4. The largest absolute Gasteiger partial charge is 0.355 e. The van der Waals surface area contributed by atoms with E-state index in [1.165, 1.54) is 19.3 Å². The summed E-state index contributed by atoms with van der Waals surface area (Å²) in [7, 11) is 0. The van der Waals surface area contributed by atoms with Crippen molar-refractivity contribution in [2.45, 2.75) is 38.1 Å². The van der Waals surface area contributed by atoms with E-state index in [0.717, 1.165) is 54.2 Å². The molecule has 0 bridgehead atoms. The summed E-state index contributed by atoms with van der Waals surface area (Å²) in [5.74, 6) is 0.912. The molecule has 1 saturated carbocycles. The normalized spacial score (nSPS) is 22.0. The Kier molecular flexibility index (Phi) is 4.06. The quantitative estimate of drug-likeness (QED) is 0.704. The monoisotopic (exact) mass is 382 g/mol. The molecule has 2 aliphatic rings. The molecule has 1 saturated heterocycles. The van der Waals surface area contributed by atoms with Gasteiger partial charge in [0.25, 0.3) is 0 Å². The molecule has 3 aromatic rings. The number of nitrogens with two attached hydrogens (primary N) is 1. The number of anilines is 1. The molecule has 0 unspecified atom stereocenters. The third kappa shape index (κ3) is 2.87. The van der Waals surface area contributed by atoms with Crippen molar-refractivity contribution in [1.29, 1.82) is 0 Å². The number of nitrogens with one attached hydrogen (secondary N) is 1. The highest BCUT2D eigenvalue weighted by Crippen LogP contribution is 2.45. The molecule has 2 fully saturated rings. The first kappa shape index (κ1) is 17.0. The van der Waals surface area contributed by atoms with Crippen molar-refractivity contribution in [2.24, 2.45) is 11.1 Å². The SMILES string of the molecule is N[C@@H]1CCCC12CCN(c1cnc3c(-c4ccc(Cl)cc4)n[nH]c3n1)CC2. The number of benzene rings is 1. The summed E-state index contributed by atoms with van der Waals surface area (Å²) in [5.41, 5.74) is 10.0. The molecule has 3 heterocycles. The van der Waals surface area contributed by atoms with Crippen molar-refractivity contribution in [3.63, 3.8) is 0 Å². The highest BCUT2D eigenvalue weighted by Gasteiger charge is 2.43. The maximum atomic E-state index is 6.40. The highest BCUT2D eigenvalue weighted by atomic mass is 35.5. The van der Waals surface area contributed by atoms with Gasteiger partial charge in [-0.05, 0) is 43.2 Å². The van der Waals surface area contributed by atoms with Crippen LogP contribution in [0.2, 0.25) is 5.02 Å². The molecule has 27 heavy (non-hydrogen) atoms. The predicted molar refractivity (Wildman–Crippen MR) is 108 cm³/mol. The van der Waals surface area contributed by atoms with Crippen LogP contribution in [0.25, 0.3) is 22.4 Å². The van der Waals surface area contributed by atoms with Crippen molar-refractivity contribution in [3.8, 4) is 11.3 Å². The molecule has 1 aromatic carbocycles. The fourth-order valence-electron chi connectivity index (χ4n) is 4.72. The summed E-state index contributed by atoms with van der Waals surface area (Å²) in [6.45, 7) is 1.98. The van der Waals surface area contributed by atoms with Crippen LogP contribution in [-0.2, 0) is 0 Å². The van der Waals surface area contributed by atoms with Crippen LogP contribution in [0.1, 0.15) is 32.1 Å². The molecular weight excluding hydrogens is 360 g/mol. The molecule has 2 aromatic heterocycles. The lowest BCUT2D eigenvalue weighted by atomic mass is 9.74. The predicted octanol–water partition coefficient (Wildman–Crippen LogP) is 3.77. The summed E-state index contributed by atoms with van der Waals surface area (Å²) >= 11 is 5.98. The van der Waals surface area contributed by atoms with Crippen molar-refractivity contribution >= 4 is 28.6 Å². The number of aromatic amines is 1. The summed E-state index contributed by atoms with van der Waals surface area (Å²) in [6.07, 6.45) is 7.88. The van der Waals surface area contributed by atoms with Crippen LogP contribution in [-0.4, -0.2) is 39.3 Å². The topological polar surface area (TPSA) is 83.7 Å². The van der Waals surface area contributed by atoms with Gasteiger partial charge in [0.2, 0.25) is 0 Å². The van der Waals surface area contributed by atoms with Crippen LogP contribution >= 0.6 is 11.6 Å². The number of hydrogen-bond acceptors (Lipinski definition) is 5. The standard InChI is InChI=1S/C20H23ClN6/c21-14-5-3-13(4-6-14)17-18-19(26-25-17)24-16(12-23-18)27-10-8-20(9-11-27)7-1-2-15(20)22/h3-6,12,15H,1-2,7-11,22H2,(H,24,25,26)/t15-/m1/s1. The van der Waals surface area contributed by atoms with E-state index in [4.69, 9.17) is 22.3 Å². The maximum absolute atomic E-state index is 6.40. The lowest BCUT2D eigenvalue weighted by molar-refractivity contribution is 0.197. The van der Waals surface area contributed by atoms with Crippen LogP contribution in [0.3, 0.4) is 0 Å². The molecular formula is C20H23ClN6. The van der Waals surface area contributed by atoms with Crippen LogP contribution in [0.4, 0.5) is 5.82 Å². The Balaban J connectivity index is 1.39. The van der Waals surface area contributed by atoms with E-state index in [-0.39, 0.29) is 0 Å². The minimum atomic E-state index is 0.351. The Morgan fingerprint density at radius 2 is 1.93 bits per heavy atom. The smallest absolute Gasteiger partial charge is 0.177 e. The lowest BCUT2D eigenvalue weighted by Crippen LogP contribution is -2.47. The molecule has 6 nitrogen and oxygen atoms in total. The van der Waals surface area contributed by atoms with Crippen LogP contribution in [0.5, 0.6) is 0 Å². The number of H-pyrrole nitrogens is 1. The summed E-state index contributed by atoms with van der Waals surface area (Å²) in [4.78, 5) is 11.8. The third-order valence-corrected chi connectivity index (χ3v) is 6.69. The minimum absolute atomic E-state index is 0.351. The Hall–Kier alpha value is -2.18. The molecule has 140 valence electrons. The minimum Gasteiger partial charge on any atom is -0.355 e. The third-order valence-electron chi connectivity index (χ3n) is 6.43.